The van der Waals surface area contributed by atoms with E-state index >= 15 is 0 Å². The molecule has 3 heterocycles. The molecular weight excluding hydrogens is 485 g/mol. The lowest BCUT2D eigenvalue weighted by Crippen LogP contribution is -2.47. The largest absolute Gasteiger partial charge is 0.496 e. The number of likely N-dealkylation sites (tertiary alicyclic amines) is 1. The Balaban J connectivity index is 1.58. The van der Waals surface area contributed by atoms with Gasteiger partial charge < -0.3 is 19.2 Å². The van der Waals surface area contributed by atoms with E-state index in [4.69, 9.17) is 4.74 Å². The second-order valence-corrected chi connectivity index (χ2v) is 10.9. The van der Waals surface area contributed by atoms with Gasteiger partial charge in [-0.1, -0.05) is 18.2 Å². The Bertz CT molecular complexity index is 1410. The number of aromatic nitrogens is 2. The van der Waals surface area contributed by atoms with Crippen LogP contribution in [0, 0.1) is 19.8 Å². The fourth-order valence-corrected chi connectivity index (χ4v) is 5.91. The number of aryl methyl sites for hydroxylation is 1. The van der Waals surface area contributed by atoms with Crippen molar-refractivity contribution in [2.24, 2.45) is 5.92 Å². The van der Waals surface area contributed by atoms with Crippen LogP contribution in [0.1, 0.15) is 73.4 Å². The minimum absolute atomic E-state index is 0.0164. The molecule has 0 saturated carbocycles. The number of fused-ring (bicyclic) bond motifs is 1. The molecule has 0 bridgehead atoms. The van der Waals surface area contributed by atoms with Crippen LogP contribution in [-0.2, 0) is 11.2 Å². The van der Waals surface area contributed by atoms with Gasteiger partial charge in [0.1, 0.15) is 5.75 Å². The first-order chi connectivity index (χ1) is 17.9. The Morgan fingerprint density at radius 3 is 2.47 bits per heavy atom. The van der Waals surface area contributed by atoms with Gasteiger partial charge >= 0.3 is 0 Å². The highest BCUT2D eigenvalue weighted by Crippen LogP contribution is 2.36. The maximum absolute atomic E-state index is 14.2. The van der Waals surface area contributed by atoms with E-state index in [-0.39, 0.29) is 36.1 Å². The molecule has 1 aliphatic heterocycles. The molecule has 0 aliphatic carbocycles. The third-order valence-corrected chi connectivity index (χ3v) is 7.91. The fourth-order valence-electron chi connectivity index (χ4n) is 5.91. The summed E-state index contributed by atoms with van der Waals surface area (Å²) in [6.07, 6.45) is 2.01. The average Bonchev–Trinajstić information content (AvgIpc) is 3.17. The van der Waals surface area contributed by atoms with Gasteiger partial charge in [-0.15, -0.1) is 0 Å². The van der Waals surface area contributed by atoms with Gasteiger partial charge in [0.15, 0.2) is 11.5 Å². The molecule has 1 atom stereocenters. The lowest BCUT2D eigenvalue weighted by atomic mass is 9.89. The van der Waals surface area contributed by atoms with Gasteiger partial charge in [-0.05, 0) is 71.9 Å². The van der Waals surface area contributed by atoms with Crippen molar-refractivity contribution in [1.82, 2.24) is 14.5 Å². The van der Waals surface area contributed by atoms with E-state index in [1.165, 1.54) is 21.0 Å². The maximum atomic E-state index is 14.2. The van der Waals surface area contributed by atoms with Crippen LogP contribution < -0.4 is 10.3 Å². The Hall–Kier alpha value is -3.42. The molecule has 3 aromatic rings. The molecule has 1 aromatic carbocycles. The second kappa shape index (κ2) is 10.8. The summed E-state index contributed by atoms with van der Waals surface area (Å²) in [5, 5.41) is 0.901. The molecule has 38 heavy (non-hydrogen) atoms. The first-order valence-electron chi connectivity index (χ1n) is 13.3. The van der Waals surface area contributed by atoms with E-state index in [2.05, 4.69) is 16.5 Å². The summed E-state index contributed by atoms with van der Waals surface area (Å²) < 4.78 is 21.8. The molecule has 1 amide bonds. The summed E-state index contributed by atoms with van der Waals surface area (Å²) in [6.45, 7) is 9.60. The molecule has 2 aromatic heterocycles. The van der Waals surface area contributed by atoms with Crippen molar-refractivity contribution in [2.45, 2.75) is 72.0 Å². The zero-order chi connectivity index (χ0) is 27.8. The number of Topliss-reactive ketones (excluding diaryl/α,β-unsaturated/α-hetero) is 1. The molecule has 1 aliphatic rings. The second-order valence-electron chi connectivity index (χ2n) is 10.9. The molecule has 0 unspecified atom stereocenters. The molecule has 1 saturated heterocycles. The Kier molecular flexibility index (Phi) is 7.81. The molecule has 4 rings (SSSR count). The number of pyridine rings is 1. The number of carbonyl (C=O) groups excluding carboxylic acids is 2. The number of amides is 1. The van der Waals surface area contributed by atoms with Crippen LogP contribution in [0.25, 0.3) is 10.9 Å². The van der Waals surface area contributed by atoms with Crippen molar-refractivity contribution >= 4 is 22.6 Å². The van der Waals surface area contributed by atoms with Crippen molar-refractivity contribution in [3.63, 3.8) is 0 Å². The minimum Gasteiger partial charge on any atom is -0.496 e. The maximum Gasteiger partial charge on any atom is 0.259 e. The monoisotopic (exact) mass is 523 g/mol. The number of halogens is 1. The Morgan fingerprint density at radius 2 is 1.84 bits per heavy atom. The van der Waals surface area contributed by atoms with Crippen molar-refractivity contribution in [1.29, 1.82) is 0 Å². The third-order valence-electron chi connectivity index (χ3n) is 7.91. The SMILES string of the molecule is COc1cc(C)[nH]c(=O)c1CCC(=O)c1c(C)n([C@H](C)C2CCN(C(=O)C(C)(C)F)CC2)c2ccccc12. The number of piperidine rings is 1. The molecule has 204 valence electrons. The number of carbonyl (C=O) groups is 2. The Labute approximate surface area is 223 Å². The Morgan fingerprint density at radius 1 is 1.18 bits per heavy atom. The molecule has 7 nitrogen and oxygen atoms in total. The van der Waals surface area contributed by atoms with E-state index in [0.717, 1.165) is 29.4 Å². The van der Waals surface area contributed by atoms with Gasteiger partial charge in [-0.2, -0.15) is 0 Å². The number of ether oxygens (including phenoxy) is 1. The molecule has 8 heteroatoms. The third kappa shape index (κ3) is 5.26. The zero-order valence-corrected chi connectivity index (χ0v) is 23.2. The number of alkyl halides is 1. The number of methoxy groups -OCH3 is 1. The van der Waals surface area contributed by atoms with Crippen LogP contribution >= 0.6 is 0 Å². The molecule has 0 radical (unpaired) electrons. The predicted octanol–water partition coefficient (Wildman–Crippen LogP) is 5.32. The van der Waals surface area contributed by atoms with Crippen LogP contribution in [0.2, 0.25) is 0 Å². The molecule has 1 N–H and O–H groups in total. The van der Waals surface area contributed by atoms with Crippen molar-refractivity contribution in [2.75, 3.05) is 20.2 Å². The quantitative estimate of drug-likeness (QED) is 0.405. The van der Waals surface area contributed by atoms with Gasteiger partial charge in [0.05, 0.1) is 12.7 Å². The van der Waals surface area contributed by atoms with Crippen LogP contribution in [0.3, 0.4) is 0 Å². The normalized spacial score (nSPS) is 15.6. The van der Waals surface area contributed by atoms with Crippen LogP contribution in [0.15, 0.2) is 35.1 Å². The van der Waals surface area contributed by atoms with Gasteiger partial charge in [0.2, 0.25) is 0 Å². The van der Waals surface area contributed by atoms with E-state index in [1.54, 1.807) is 17.9 Å². The highest BCUT2D eigenvalue weighted by Gasteiger charge is 2.35. The first-order valence-corrected chi connectivity index (χ1v) is 13.3. The lowest BCUT2D eigenvalue weighted by molar-refractivity contribution is -0.143. The molecule has 1 fully saturated rings. The van der Waals surface area contributed by atoms with Gasteiger partial charge in [0, 0.05) is 53.4 Å². The van der Waals surface area contributed by atoms with E-state index in [0.29, 0.717) is 35.7 Å². The fraction of sp³-hybridized carbons (Fsp3) is 0.500. The highest BCUT2D eigenvalue weighted by molar-refractivity contribution is 6.09. The summed E-state index contributed by atoms with van der Waals surface area (Å²) in [4.78, 5) is 43.0. The van der Waals surface area contributed by atoms with Crippen LogP contribution in [0.5, 0.6) is 5.75 Å². The summed E-state index contributed by atoms with van der Waals surface area (Å²) >= 11 is 0. The average molecular weight is 524 g/mol. The smallest absolute Gasteiger partial charge is 0.259 e. The number of H-pyrrole nitrogens is 1. The minimum atomic E-state index is -1.87. The summed E-state index contributed by atoms with van der Waals surface area (Å²) in [5.74, 6) is 0.308. The number of benzene rings is 1. The number of hydrogen-bond acceptors (Lipinski definition) is 4. The predicted molar refractivity (Wildman–Crippen MR) is 147 cm³/mol. The number of para-hydroxylation sites is 1. The van der Waals surface area contributed by atoms with E-state index in [9.17, 15) is 18.8 Å². The van der Waals surface area contributed by atoms with Crippen LogP contribution in [0.4, 0.5) is 4.39 Å². The molecule has 0 spiro atoms. The standard InChI is InChI=1S/C30H38FN3O4/c1-18-17-26(38-6)23(28(36)32-18)11-12-25(35)27-20(3)34(24-10-8-7-9-22(24)27)19(2)21-13-15-33(16-14-21)29(37)30(4,5)31/h7-10,17,19,21H,11-16H2,1-6H3,(H,32,36)/t19-/m1/s1. The first kappa shape index (κ1) is 27.6. The number of aromatic amines is 1. The lowest BCUT2D eigenvalue weighted by Gasteiger charge is -2.37. The van der Waals surface area contributed by atoms with E-state index < -0.39 is 11.6 Å². The van der Waals surface area contributed by atoms with Gasteiger partial charge in [0.25, 0.3) is 11.5 Å². The number of rotatable bonds is 8. The summed E-state index contributed by atoms with van der Waals surface area (Å²) in [7, 11) is 1.53. The van der Waals surface area contributed by atoms with Gasteiger partial charge in [-0.25, -0.2) is 4.39 Å². The summed E-state index contributed by atoms with van der Waals surface area (Å²) in [6, 6.07) is 9.78. The zero-order valence-electron chi connectivity index (χ0n) is 23.2. The number of hydrogen-bond donors (Lipinski definition) is 1. The molecular formula is C30H38FN3O4. The number of ketones is 1. The highest BCUT2D eigenvalue weighted by atomic mass is 19.1. The number of nitrogens with one attached hydrogen (secondary N) is 1. The van der Waals surface area contributed by atoms with Crippen LogP contribution in [-0.4, -0.2) is 52.0 Å². The van der Waals surface area contributed by atoms with Crippen molar-refractivity contribution in [3.05, 3.63) is 63.2 Å². The van der Waals surface area contributed by atoms with Gasteiger partial charge in [-0.3, -0.25) is 14.4 Å². The van der Waals surface area contributed by atoms with Crippen molar-refractivity contribution < 1.29 is 18.7 Å². The topological polar surface area (TPSA) is 84.4 Å². The summed E-state index contributed by atoms with van der Waals surface area (Å²) in [5.41, 5.74) is 1.66. The number of nitrogens with zero attached hydrogens (tertiary/aromatic N) is 2. The van der Waals surface area contributed by atoms with E-state index in [1.807, 2.05) is 31.2 Å². The van der Waals surface area contributed by atoms with Crippen molar-refractivity contribution in [3.8, 4) is 5.75 Å².